The van der Waals surface area contributed by atoms with Gasteiger partial charge in [-0.3, -0.25) is 4.79 Å². The van der Waals surface area contributed by atoms with Crippen molar-refractivity contribution in [3.63, 3.8) is 0 Å². The number of hydrogen-bond acceptors (Lipinski definition) is 7. The van der Waals surface area contributed by atoms with E-state index in [9.17, 15) is 14.0 Å². The standard InChI is InChI=1S/C32H45FN6O4/c1-21(2)39(22(3)4)30(40)26-15-24(33)7-10-27(26)43-28-16-34-20-35-29(28)38-18-32(19-38)11-13-37(14-12-32)17-23-5-8-25(9-6-23)36-31(41)42/h7,10,15-16,20-23,25,36H,5-6,8-9,11-14,17-19H2,1-4H3,(H,41,42). The monoisotopic (exact) mass is 596 g/mol. The Kier molecular flexibility index (Phi) is 9.39. The third-order valence-electron chi connectivity index (χ3n) is 9.36. The molecule has 2 aromatic rings. The number of carbonyl (C=O) groups excluding carboxylic acids is 1. The molecule has 1 aromatic carbocycles. The molecule has 2 saturated heterocycles. The minimum absolute atomic E-state index is 0.0564. The van der Waals surface area contributed by atoms with Crippen LogP contribution in [0.25, 0.3) is 0 Å². The molecule has 3 fully saturated rings. The first-order valence-electron chi connectivity index (χ1n) is 15.6. The van der Waals surface area contributed by atoms with Crippen molar-refractivity contribution in [2.24, 2.45) is 11.3 Å². The number of nitrogens with one attached hydrogen (secondary N) is 1. The van der Waals surface area contributed by atoms with E-state index in [-0.39, 0.29) is 40.8 Å². The summed E-state index contributed by atoms with van der Waals surface area (Å²) in [5, 5.41) is 11.6. The van der Waals surface area contributed by atoms with E-state index in [1.54, 1.807) is 11.1 Å². The van der Waals surface area contributed by atoms with Gasteiger partial charge in [0, 0.05) is 43.2 Å². The molecule has 2 N–H and O–H groups in total. The molecule has 43 heavy (non-hydrogen) atoms. The molecule has 3 heterocycles. The molecular formula is C32H45FN6O4. The number of aromatic nitrogens is 2. The number of anilines is 1. The third-order valence-corrected chi connectivity index (χ3v) is 9.36. The lowest BCUT2D eigenvalue weighted by Crippen LogP contribution is -2.61. The molecule has 1 saturated carbocycles. The number of carbonyl (C=O) groups is 2. The number of likely N-dealkylation sites (tertiary alicyclic amines) is 1. The van der Waals surface area contributed by atoms with Crippen LogP contribution >= 0.6 is 0 Å². The lowest BCUT2D eigenvalue weighted by molar-refractivity contribution is 0.0614. The summed E-state index contributed by atoms with van der Waals surface area (Å²) in [5.74, 6) is 1.27. The maximum Gasteiger partial charge on any atom is 0.404 e. The number of amides is 2. The van der Waals surface area contributed by atoms with Gasteiger partial charge in [-0.05, 0) is 103 Å². The Hall–Kier alpha value is -3.47. The number of piperidine rings is 1. The second kappa shape index (κ2) is 13.0. The van der Waals surface area contributed by atoms with E-state index in [1.807, 2.05) is 27.7 Å². The zero-order chi connectivity index (χ0) is 30.7. The van der Waals surface area contributed by atoms with Gasteiger partial charge in [-0.1, -0.05) is 0 Å². The van der Waals surface area contributed by atoms with Crippen LogP contribution in [0, 0.1) is 17.2 Å². The maximum absolute atomic E-state index is 14.3. The molecule has 2 amide bonds. The van der Waals surface area contributed by atoms with Gasteiger partial charge in [0.05, 0.1) is 11.8 Å². The fraction of sp³-hybridized carbons (Fsp3) is 0.625. The number of halogens is 1. The molecule has 1 spiro atoms. The zero-order valence-electron chi connectivity index (χ0n) is 25.8. The fourth-order valence-corrected chi connectivity index (χ4v) is 7.17. The summed E-state index contributed by atoms with van der Waals surface area (Å²) >= 11 is 0. The van der Waals surface area contributed by atoms with Crippen molar-refractivity contribution in [2.75, 3.05) is 37.6 Å². The molecule has 10 nitrogen and oxygen atoms in total. The van der Waals surface area contributed by atoms with Crippen LogP contribution in [0.1, 0.15) is 76.6 Å². The van der Waals surface area contributed by atoms with Crippen LogP contribution in [0.4, 0.5) is 15.0 Å². The normalized spacial score (nSPS) is 22.0. The highest BCUT2D eigenvalue weighted by Crippen LogP contribution is 2.45. The van der Waals surface area contributed by atoms with E-state index >= 15 is 0 Å². The summed E-state index contributed by atoms with van der Waals surface area (Å²) in [6.45, 7) is 12.8. The maximum atomic E-state index is 14.3. The minimum atomic E-state index is -0.921. The van der Waals surface area contributed by atoms with Gasteiger partial charge in [0.2, 0.25) is 0 Å². The van der Waals surface area contributed by atoms with E-state index in [2.05, 4.69) is 25.1 Å². The molecule has 0 radical (unpaired) electrons. The van der Waals surface area contributed by atoms with Crippen molar-refractivity contribution in [1.82, 2.24) is 25.1 Å². The van der Waals surface area contributed by atoms with Gasteiger partial charge in [-0.2, -0.15) is 0 Å². The zero-order valence-corrected chi connectivity index (χ0v) is 25.8. The van der Waals surface area contributed by atoms with E-state index in [1.165, 1.54) is 24.5 Å². The topological polar surface area (TPSA) is 111 Å². The first-order chi connectivity index (χ1) is 20.5. The van der Waals surface area contributed by atoms with Crippen molar-refractivity contribution in [3.05, 3.63) is 42.1 Å². The molecule has 3 aliphatic rings. The fourth-order valence-electron chi connectivity index (χ4n) is 7.17. The Morgan fingerprint density at radius 2 is 1.77 bits per heavy atom. The lowest BCUT2D eigenvalue weighted by atomic mass is 9.71. The van der Waals surface area contributed by atoms with Gasteiger partial charge in [0.1, 0.15) is 17.9 Å². The summed E-state index contributed by atoms with van der Waals surface area (Å²) < 4.78 is 20.6. The lowest BCUT2D eigenvalue weighted by Gasteiger charge is -2.54. The van der Waals surface area contributed by atoms with Crippen molar-refractivity contribution in [3.8, 4) is 11.5 Å². The number of nitrogens with zero attached hydrogens (tertiary/aromatic N) is 5. The average molecular weight is 597 g/mol. The van der Waals surface area contributed by atoms with Gasteiger partial charge < -0.3 is 29.9 Å². The van der Waals surface area contributed by atoms with Crippen LogP contribution < -0.4 is 15.0 Å². The largest absolute Gasteiger partial charge is 0.465 e. The highest BCUT2D eigenvalue weighted by molar-refractivity contribution is 5.97. The van der Waals surface area contributed by atoms with Gasteiger partial charge >= 0.3 is 6.09 Å². The summed E-state index contributed by atoms with van der Waals surface area (Å²) in [6.07, 6.45) is 8.44. The molecule has 11 heteroatoms. The Bertz CT molecular complexity index is 1270. The van der Waals surface area contributed by atoms with Crippen molar-refractivity contribution in [1.29, 1.82) is 0 Å². The summed E-state index contributed by atoms with van der Waals surface area (Å²) in [7, 11) is 0. The van der Waals surface area contributed by atoms with Crippen LogP contribution in [0.15, 0.2) is 30.7 Å². The molecule has 1 aromatic heterocycles. The molecule has 1 aliphatic carbocycles. The Labute approximate surface area is 253 Å². The van der Waals surface area contributed by atoms with E-state index in [0.717, 1.165) is 71.2 Å². The van der Waals surface area contributed by atoms with Crippen LogP contribution in [0.5, 0.6) is 11.5 Å². The van der Waals surface area contributed by atoms with Crippen LogP contribution in [0.2, 0.25) is 0 Å². The summed E-state index contributed by atoms with van der Waals surface area (Å²) in [5.41, 5.74) is 0.421. The van der Waals surface area contributed by atoms with Crippen molar-refractivity contribution in [2.45, 2.75) is 84.3 Å². The number of ether oxygens (including phenoxy) is 1. The second-order valence-electron chi connectivity index (χ2n) is 13.2. The van der Waals surface area contributed by atoms with Crippen molar-refractivity contribution < 1.29 is 23.8 Å². The number of hydrogen-bond donors (Lipinski definition) is 2. The smallest absolute Gasteiger partial charge is 0.404 e. The van der Waals surface area contributed by atoms with Gasteiger partial charge in [0.25, 0.3) is 5.91 Å². The molecule has 0 bridgehead atoms. The van der Waals surface area contributed by atoms with Crippen LogP contribution in [-0.2, 0) is 0 Å². The van der Waals surface area contributed by atoms with E-state index in [0.29, 0.717) is 17.5 Å². The summed E-state index contributed by atoms with van der Waals surface area (Å²) in [6, 6.07) is 4.03. The first-order valence-corrected chi connectivity index (χ1v) is 15.6. The molecule has 5 rings (SSSR count). The van der Waals surface area contributed by atoms with Gasteiger partial charge in [-0.25, -0.2) is 19.2 Å². The predicted octanol–water partition coefficient (Wildman–Crippen LogP) is 5.40. The highest BCUT2D eigenvalue weighted by Gasteiger charge is 2.46. The molecule has 234 valence electrons. The van der Waals surface area contributed by atoms with Gasteiger partial charge in [-0.15, -0.1) is 0 Å². The van der Waals surface area contributed by atoms with Crippen molar-refractivity contribution >= 4 is 17.8 Å². The Morgan fingerprint density at radius 1 is 1.09 bits per heavy atom. The van der Waals surface area contributed by atoms with Crippen LogP contribution in [-0.4, -0.2) is 87.7 Å². The number of carboxylic acid groups (broad SMARTS) is 1. The quantitative estimate of drug-likeness (QED) is 0.396. The SMILES string of the molecule is CC(C)N(C(=O)c1cc(F)ccc1Oc1cncnc1N1CC2(CCN(CC3CCC(NC(=O)O)CC3)CC2)C1)C(C)C. The predicted molar refractivity (Wildman–Crippen MR) is 162 cm³/mol. The Balaban J connectivity index is 1.19. The minimum Gasteiger partial charge on any atom is -0.465 e. The molecule has 2 aliphatic heterocycles. The van der Waals surface area contributed by atoms with E-state index < -0.39 is 11.9 Å². The number of rotatable bonds is 9. The highest BCUT2D eigenvalue weighted by atomic mass is 19.1. The molecule has 0 unspecified atom stereocenters. The number of benzene rings is 1. The Morgan fingerprint density at radius 3 is 2.40 bits per heavy atom. The summed E-state index contributed by atoms with van der Waals surface area (Å²) in [4.78, 5) is 39.7. The molecular weight excluding hydrogens is 551 g/mol. The average Bonchev–Trinajstić information content (AvgIpc) is 2.94. The van der Waals surface area contributed by atoms with Gasteiger partial charge in [0.15, 0.2) is 11.6 Å². The van der Waals surface area contributed by atoms with E-state index in [4.69, 9.17) is 9.84 Å². The molecule has 0 atom stereocenters. The van der Waals surface area contributed by atoms with Crippen LogP contribution in [0.3, 0.4) is 0 Å². The first kappa shape index (κ1) is 31.0. The third kappa shape index (κ3) is 7.20. The second-order valence-corrected chi connectivity index (χ2v) is 13.2.